The van der Waals surface area contributed by atoms with Gasteiger partial charge in [-0.15, -0.1) is 0 Å². The fourth-order valence-electron chi connectivity index (χ4n) is 2.69. The fraction of sp³-hybridized carbons (Fsp3) is 0.190. The average molecular weight is 382 g/mol. The van der Waals surface area contributed by atoms with Crippen molar-refractivity contribution in [2.45, 2.75) is 19.4 Å². The van der Waals surface area contributed by atoms with Crippen molar-refractivity contribution in [1.29, 1.82) is 0 Å². The fourth-order valence-corrected chi connectivity index (χ4v) is 3.80. The molecule has 6 heteroatoms. The highest BCUT2D eigenvalue weighted by Crippen LogP contribution is 2.13. The molecule has 3 aromatic rings. The number of anilines is 2. The number of hydrogen-bond acceptors (Lipinski definition) is 4. The van der Waals surface area contributed by atoms with Gasteiger partial charge in [-0.05, 0) is 36.1 Å². The van der Waals surface area contributed by atoms with Crippen LogP contribution in [0.25, 0.3) is 0 Å². The van der Waals surface area contributed by atoms with Gasteiger partial charge in [0.1, 0.15) is 5.82 Å². The molecule has 3 rings (SSSR count). The van der Waals surface area contributed by atoms with Crippen molar-refractivity contribution in [2.24, 2.45) is 0 Å². The van der Waals surface area contributed by atoms with Crippen molar-refractivity contribution >= 4 is 21.5 Å². The molecule has 0 radical (unpaired) electrons. The van der Waals surface area contributed by atoms with Gasteiger partial charge in [0.25, 0.3) is 0 Å². The number of nitrogens with one attached hydrogen (secondary N) is 2. The van der Waals surface area contributed by atoms with Crippen LogP contribution in [-0.2, 0) is 23.0 Å². The molecule has 5 nitrogen and oxygen atoms in total. The lowest BCUT2D eigenvalue weighted by Gasteiger charge is -2.09. The van der Waals surface area contributed by atoms with E-state index in [1.807, 2.05) is 60.7 Å². The molecule has 2 N–H and O–H groups in total. The minimum Gasteiger partial charge on any atom is -0.366 e. The molecule has 0 bridgehead atoms. The summed E-state index contributed by atoms with van der Waals surface area (Å²) in [5, 5.41) is 3.22. The molecule has 0 aliphatic rings. The number of sulfonamides is 1. The Morgan fingerprint density at radius 2 is 1.48 bits per heavy atom. The predicted molar refractivity (Wildman–Crippen MR) is 110 cm³/mol. The van der Waals surface area contributed by atoms with Gasteiger partial charge in [-0.1, -0.05) is 60.7 Å². The van der Waals surface area contributed by atoms with E-state index in [0.717, 1.165) is 17.5 Å². The van der Waals surface area contributed by atoms with E-state index in [4.69, 9.17) is 0 Å². The molecule has 1 heterocycles. The van der Waals surface area contributed by atoms with Crippen LogP contribution >= 0.6 is 0 Å². The summed E-state index contributed by atoms with van der Waals surface area (Å²) in [4.78, 5) is 4.27. The van der Waals surface area contributed by atoms with Crippen LogP contribution in [-0.4, -0.2) is 19.2 Å². The summed E-state index contributed by atoms with van der Waals surface area (Å²) in [6.45, 7) is 0.665. The minimum absolute atomic E-state index is 0.0793. The molecule has 0 atom stereocenters. The zero-order valence-electron chi connectivity index (χ0n) is 15.0. The standard InChI is InChI=1S/C21H23N3O2S/c25-27(26,15-7-12-18-8-3-1-4-9-18)24-20-13-14-21(23-17-20)22-16-19-10-5-2-6-11-19/h1-6,8-11,13-14,17,24H,7,12,15-16H2,(H,22,23). The van der Waals surface area contributed by atoms with E-state index in [-0.39, 0.29) is 5.75 Å². The summed E-state index contributed by atoms with van der Waals surface area (Å²) in [5.41, 5.74) is 2.77. The molecule has 0 aliphatic heterocycles. The summed E-state index contributed by atoms with van der Waals surface area (Å²) in [6, 6.07) is 23.4. The number of nitrogens with zero attached hydrogens (tertiary/aromatic N) is 1. The van der Waals surface area contributed by atoms with Gasteiger partial charge in [0.2, 0.25) is 10.0 Å². The topological polar surface area (TPSA) is 71.1 Å². The average Bonchev–Trinajstić information content (AvgIpc) is 2.69. The van der Waals surface area contributed by atoms with E-state index in [1.165, 1.54) is 6.20 Å². The molecule has 0 fully saturated rings. The quantitative estimate of drug-likeness (QED) is 0.586. The predicted octanol–water partition coefficient (Wildman–Crippen LogP) is 4.07. The van der Waals surface area contributed by atoms with Crippen molar-refractivity contribution < 1.29 is 8.42 Å². The second-order valence-corrected chi connectivity index (χ2v) is 8.12. The van der Waals surface area contributed by atoms with Gasteiger partial charge in [-0.2, -0.15) is 0 Å². The van der Waals surface area contributed by atoms with E-state index < -0.39 is 10.0 Å². The molecule has 1 aromatic heterocycles. The number of rotatable bonds is 9. The molecule has 0 saturated carbocycles. The first kappa shape index (κ1) is 18.9. The smallest absolute Gasteiger partial charge is 0.232 e. The number of aryl methyl sites for hydroxylation is 1. The molecule has 0 aliphatic carbocycles. The summed E-state index contributed by atoms with van der Waals surface area (Å²) in [6.07, 6.45) is 2.84. The van der Waals surface area contributed by atoms with Crippen molar-refractivity contribution in [3.8, 4) is 0 Å². The Morgan fingerprint density at radius 1 is 0.815 bits per heavy atom. The Labute approximate surface area is 160 Å². The minimum atomic E-state index is -3.38. The Kier molecular flexibility index (Phi) is 6.44. The van der Waals surface area contributed by atoms with Gasteiger partial charge >= 0.3 is 0 Å². The third-order valence-corrected chi connectivity index (χ3v) is 5.45. The molecular weight excluding hydrogens is 358 g/mol. The normalized spacial score (nSPS) is 11.1. The van der Waals surface area contributed by atoms with Crippen molar-refractivity contribution in [3.63, 3.8) is 0 Å². The summed E-state index contributed by atoms with van der Waals surface area (Å²) in [5.74, 6) is 0.779. The van der Waals surface area contributed by atoms with Gasteiger partial charge in [0.15, 0.2) is 0 Å². The highest BCUT2D eigenvalue weighted by molar-refractivity contribution is 7.92. The number of hydrogen-bond donors (Lipinski definition) is 2. The second kappa shape index (κ2) is 9.19. The lowest BCUT2D eigenvalue weighted by Crippen LogP contribution is -2.17. The van der Waals surface area contributed by atoms with Crippen molar-refractivity contribution in [2.75, 3.05) is 15.8 Å². The zero-order valence-corrected chi connectivity index (χ0v) is 15.8. The first-order valence-electron chi connectivity index (χ1n) is 8.89. The van der Waals surface area contributed by atoms with E-state index in [2.05, 4.69) is 15.0 Å². The largest absolute Gasteiger partial charge is 0.366 e. The molecular formula is C21H23N3O2S. The monoisotopic (exact) mass is 381 g/mol. The summed E-state index contributed by atoms with van der Waals surface area (Å²) in [7, 11) is -3.38. The van der Waals surface area contributed by atoms with E-state index in [0.29, 0.717) is 24.5 Å². The number of aromatic nitrogens is 1. The maximum Gasteiger partial charge on any atom is 0.232 e. The number of benzene rings is 2. The van der Waals surface area contributed by atoms with E-state index in [1.54, 1.807) is 12.1 Å². The highest BCUT2D eigenvalue weighted by atomic mass is 32.2. The van der Waals surface area contributed by atoms with Crippen LogP contribution in [0.4, 0.5) is 11.5 Å². The number of pyridine rings is 1. The van der Waals surface area contributed by atoms with Gasteiger partial charge in [-0.3, -0.25) is 4.72 Å². The maximum atomic E-state index is 12.2. The van der Waals surface area contributed by atoms with Crippen LogP contribution in [0.5, 0.6) is 0 Å². The lowest BCUT2D eigenvalue weighted by atomic mass is 10.1. The Morgan fingerprint density at radius 3 is 2.11 bits per heavy atom. The maximum absolute atomic E-state index is 12.2. The molecule has 0 saturated heterocycles. The Balaban J connectivity index is 1.47. The first-order valence-corrected chi connectivity index (χ1v) is 10.5. The third-order valence-electron chi connectivity index (χ3n) is 4.07. The highest BCUT2D eigenvalue weighted by Gasteiger charge is 2.10. The third kappa shape index (κ3) is 6.42. The van der Waals surface area contributed by atoms with Crippen molar-refractivity contribution in [1.82, 2.24) is 4.98 Å². The lowest BCUT2D eigenvalue weighted by molar-refractivity contribution is 0.598. The van der Waals surface area contributed by atoms with Gasteiger partial charge in [0, 0.05) is 6.54 Å². The molecule has 140 valence electrons. The van der Waals surface area contributed by atoms with Gasteiger partial charge in [0.05, 0.1) is 17.6 Å². The zero-order chi connectivity index (χ0) is 19.0. The molecule has 0 unspecified atom stereocenters. The van der Waals surface area contributed by atoms with Gasteiger partial charge in [-0.25, -0.2) is 13.4 Å². The summed E-state index contributed by atoms with van der Waals surface area (Å²) < 4.78 is 27.1. The SMILES string of the molecule is O=S(=O)(CCCc1ccccc1)Nc1ccc(NCc2ccccc2)nc1. The molecule has 0 amide bonds. The molecule has 0 spiro atoms. The van der Waals surface area contributed by atoms with Crippen molar-refractivity contribution in [3.05, 3.63) is 90.1 Å². The van der Waals surface area contributed by atoms with Crippen LogP contribution in [0.15, 0.2) is 79.0 Å². The molecule has 27 heavy (non-hydrogen) atoms. The van der Waals surface area contributed by atoms with Crippen LogP contribution in [0, 0.1) is 0 Å². The van der Waals surface area contributed by atoms with Gasteiger partial charge < -0.3 is 5.32 Å². The van der Waals surface area contributed by atoms with Crippen LogP contribution in [0.2, 0.25) is 0 Å². The van der Waals surface area contributed by atoms with Crippen LogP contribution in [0.3, 0.4) is 0 Å². The second-order valence-electron chi connectivity index (χ2n) is 6.28. The summed E-state index contributed by atoms with van der Waals surface area (Å²) >= 11 is 0. The van der Waals surface area contributed by atoms with Crippen LogP contribution in [0.1, 0.15) is 17.5 Å². The van der Waals surface area contributed by atoms with Crippen LogP contribution < -0.4 is 10.0 Å². The molecule has 2 aromatic carbocycles. The Hall–Kier alpha value is -2.86. The van der Waals surface area contributed by atoms with E-state index in [9.17, 15) is 8.42 Å². The Bertz CT molecular complexity index is 928. The van der Waals surface area contributed by atoms with E-state index >= 15 is 0 Å². The first-order chi connectivity index (χ1) is 13.1.